The van der Waals surface area contributed by atoms with Gasteiger partial charge in [-0.15, -0.1) is 0 Å². The average Bonchev–Trinajstić information content (AvgIpc) is 2.25. The first kappa shape index (κ1) is 12.4. The van der Waals surface area contributed by atoms with Crippen molar-refractivity contribution in [2.24, 2.45) is 0 Å². The summed E-state index contributed by atoms with van der Waals surface area (Å²) in [5, 5.41) is 2.78. The number of Topliss-reactive ketones (excluding diaryl/α,β-unsaturated/α-hetero) is 1. The molecule has 1 rings (SSSR count). The molecule has 0 bridgehead atoms. The van der Waals surface area contributed by atoms with Crippen molar-refractivity contribution in [1.82, 2.24) is 5.32 Å². The van der Waals surface area contributed by atoms with Gasteiger partial charge in [-0.3, -0.25) is 4.79 Å². The van der Waals surface area contributed by atoms with E-state index in [1.807, 2.05) is 31.2 Å². The molecule has 16 heavy (non-hydrogen) atoms. The van der Waals surface area contributed by atoms with E-state index in [4.69, 9.17) is 0 Å². The van der Waals surface area contributed by atoms with Crippen LogP contribution in [-0.4, -0.2) is 11.7 Å². The highest BCUT2D eigenvalue weighted by molar-refractivity contribution is 5.83. The predicted octanol–water partition coefficient (Wildman–Crippen LogP) is 1.98. The summed E-state index contributed by atoms with van der Waals surface area (Å²) in [5.74, 6) is -0.0266. The van der Waals surface area contributed by atoms with Crippen LogP contribution in [0.2, 0.25) is 0 Å². The molecule has 1 amide bonds. The van der Waals surface area contributed by atoms with Crippen molar-refractivity contribution in [3.63, 3.8) is 0 Å². The zero-order chi connectivity index (χ0) is 12.0. The Bertz CT molecular complexity index is 368. The lowest BCUT2D eigenvalue weighted by Gasteiger charge is -2.04. The molecule has 86 valence electrons. The minimum atomic E-state index is -0.0734. The molecule has 1 N–H and O–H groups in total. The lowest BCUT2D eigenvalue weighted by Crippen LogP contribution is -2.22. The summed E-state index contributed by atoms with van der Waals surface area (Å²) in [7, 11) is 0. The number of hydrogen-bond acceptors (Lipinski definition) is 2. The molecule has 3 heteroatoms. The molecule has 0 fully saturated rings. The van der Waals surface area contributed by atoms with E-state index in [0.717, 1.165) is 5.56 Å². The van der Waals surface area contributed by atoms with Crippen LogP contribution in [0.4, 0.5) is 0 Å². The normalized spacial score (nSPS) is 9.88. The Kier molecular flexibility index (Phi) is 4.70. The van der Waals surface area contributed by atoms with Gasteiger partial charge in [-0.1, -0.05) is 29.8 Å². The van der Waals surface area contributed by atoms with Gasteiger partial charge in [0.2, 0.25) is 5.91 Å². The van der Waals surface area contributed by atoms with Crippen LogP contribution in [0.1, 0.15) is 30.9 Å². The molecule has 1 aromatic rings. The fourth-order valence-electron chi connectivity index (χ4n) is 1.28. The van der Waals surface area contributed by atoms with Gasteiger partial charge < -0.3 is 10.1 Å². The van der Waals surface area contributed by atoms with E-state index in [2.05, 4.69) is 5.32 Å². The Labute approximate surface area is 95.9 Å². The summed E-state index contributed by atoms with van der Waals surface area (Å²) in [5.41, 5.74) is 2.27. The van der Waals surface area contributed by atoms with Crippen molar-refractivity contribution in [2.45, 2.75) is 33.2 Å². The number of nitrogens with one attached hydrogen (secondary N) is 1. The Balaban J connectivity index is 2.31. The molecule has 0 aliphatic rings. The van der Waals surface area contributed by atoms with Crippen LogP contribution in [0.25, 0.3) is 0 Å². The third-order valence-electron chi connectivity index (χ3n) is 2.31. The van der Waals surface area contributed by atoms with Gasteiger partial charge in [0.05, 0.1) is 0 Å². The van der Waals surface area contributed by atoms with Gasteiger partial charge in [0.1, 0.15) is 5.78 Å². The van der Waals surface area contributed by atoms with Gasteiger partial charge in [0, 0.05) is 19.4 Å². The minimum Gasteiger partial charge on any atom is -0.352 e. The zero-order valence-corrected chi connectivity index (χ0v) is 9.75. The molecule has 1 aromatic carbocycles. The van der Waals surface area contributed by atoms with Gasteiger partial charge in [0.25, 0.3) is 0 Å². The van der Waals surface area contributed by atoms with Crippen LogP contribution in [0.15, 0.2) is 24.3 Å². The van der Waals surface area contributed by atoms with E-state index < -0.39 is 0 Å². The van der Waals surface area contributed by atoms with Gasteiger partial charge in [0.15, 0.2) is 0 Å². The number of aryl methyl sites for hydroxylation is 1. The van der Waals surface area contributed by atoms with E-state index in [1.165, 1.54) is 12.5 Å². The van der Waals surface area contributed by atoms with Gasteiger partial charge in [-0.05, 0) is 19.4 Å². The number of rotatable bonds is 5. The fourth-order valence-corrected chi connectivity index (χ4v) is 1.28. The van der Waals surface area contributed by atoms with Crippen LogP contribution in [0.3, 0.4) is 0 Å². The fraction of sp³-hybridized carbons (Fsp3) is 0.385. The van der Waals surface area contributed by atoms with Gasteiger partial charge >= 0.3 is 0 Å². The zero-order valence-electron chi connectivity index (χ0n) is 9.75. The first-order valence-corrected chi connectivity index (χ1v) is 5.39. The SMILES string of the molecule is CC(=O)CCC(=O)NCc1ccc(C)cc1. The number of ketones is 1. The number of carbonyl (C=O) groups is 2. The van der Waals surface area contributed by atoms with Crippen molar-refractivity contribution in [3.05, 3.63) is 35.4 Å². The second kappa shape index (κ2) is 6.05. The van der Waals surface area contributed by atoms with Crippen molar-refractivity contribution < 1.29 is 9.59 Å². The minimum absolute atomic E-state index is 0.0467. The maximum Gasteiger partial charge on any atom is 0.220 e. The van der Waals surface area contributed by atoms with Crippen LogP contribution in [0.5, 0.6) is 0 Å². The highest BCUT2D eigenvalue weighted by Crippen LogP contribution is 2.02. The van der Waals surface area contributed by atoms with E-state index in [-0.39, 0.29) is 18.1 Å². The lowest BCUT2D eigenvalue weighted by atomic mass is 10.1. The summed E-state index contributed by atoms with van der Waals surface area (Å²) in [4.78, 5) is 22.0. The Morgan fingerprint density at radius 3 is 2.31 bits per heavy atom. The van der Waals surface area contributed by atoms with Crippen molar-refractivity contribution in [3.8, 4) is 0 Å². The quantitative estimate of drug-likeness (QED) is 0.823. The molecule has 3 nitrogen and oxygen atoms in total. The molecule has 0 saturated carbocycles. The number of carbonyl (C=O) groups excluding carboxylic acids is 2. The van der Waals surface area contributed by atoms with E-state index >= 15 is 0 Å². The molecule has 0 atom stereocenters. The Morgan fingerprint density at radius 1 is 1.12 bits per heavy atom. The number of benzene rings is 1. The third-order valence-corrected chi connectivity index (χ3v) is 2.31. The maximum atomic E-state index is 11.3. The Morgan fingerprint density at radius 2 is 1.75 bits per heavy atom. The highest BCUT2D eigenvalue weighted by Gasteiger charge is 2.02. The Hall–Kier alpha value is -1.64. The highest BCUT2D eigenvalue weighted by atomic mass is 16.2. The molecule has 0 aromatic heterocycles. The summed E-state index contributed by atoms with van der Waals surface area (Å²) in [6.45, 7) is 4.04. The van der Waals surface area contributed by atoms with Crippen molar-refractivity contribution in [1.29, 1.82) is 0 Å². The van der Waals surface area contributed by atoms with E-state index in [0.29, 0.717) is 13.0 Å². The summed E-state index contributed by atoms with van der Waals surface area (Å²) < 4.78 is 0. The molecule has 0 unspecified atom stereocenters. The predicted molar refractivity (Wildman–Crippen MR) is 62.9 cm³/mol. The summed E-state index contributed by atoms with van der Waals surface area (Å²) in [6, 6.07) is 8.00. The topological polar surface area (TPSA) is 46.2 Å². The van der Waals surface area contributed by atoms with Crippen molar-refractivity contribution in [2.75, 3.05) is 0 Å². The largest absolute Gasteiger partial charge is 0.352 e. The number of hydrogen-bond donors (Lipinski definition) is 1. The lowest BCUT2D eigenvalue weighted by molar-refractivity contribution is -0.124. The van der Waals surface area contributed by atoms with Crippen molar-refractivity contribution >= 4 is 11.7 Å². The second-order valence-electron chi connectivity index (χ2n) is 3.96. The number of amides is 1. The summed E-state index contributed by atoms with van der Waals surface area (Å²) >= 11 is 0. The van der Waals surface area contributed by atoms with E-state index in [1.54, 1.807) is 0 Å². The molecule has 0 spiro atoms. The van der Waals surface area contributed by atoms with Crippen LogP contribution < -0.4 is 5.32 Å². The molecule has 0 aliphatic heterocycles. The van der Waals surface area contributed by atoms with Gasteiger partial charge in [-0.2, -0.15) is 0 Å². The molecule has 0 saturated heterocycles. The molecule has 0 radical (unpaired) electrons. The monoisotopic (exact) mass is 219 g/mol. The average molecular weight is 219 g/mol. The van der Waals surface area contributed by atoms with Crippen LogP contribution in [0, 0.1) is 6.92 Å². The molecular formula is C13H17NO2. The van der Waals surface area contributed by atoms with Gasteiger partial charge in [-0.25, -0.2) is 0 Å². The van der Waals surface area contributed by atoms with E-state index in [9.17, 15) is 9.59 Å². The molecule has 0 heterocycles. The second-order valence-corrected chi connectivity index (χ2v) is 3.96. The van der Waals surface area contributed by atoms with Crippen LogP contribution >= 0.6 is 0 Å². The standard InChI is InChI=1S/C13H17NO2/c1-10-3-6-12(7-4-10)9-14-13(16)8-5-11(2)15/h3-4,6-7H,5,8-9H2,1-2H3,(H,14,16). The first-order chi connectivity index (χ1) is 7.58. The van der Waals surface area contributed by atoms with Crippen LogP contribution in [-0.2, 0) is 16.1 Å². The summed E-state index contributed by atoms with van der Waals surface area (Å²) in [6.07, 6.45) is 0.598. The molecule has 0 aliphatic carbocycles. The molecular weight excluding hydrogens is 202 g/mol. The maximum absolute atomic E-state index is 11.3. The smallest absolute Gasteiger partial charge is 0.220 e. The first-order valence-electron chi connectivity index (χ1n) is 5.39. The third kappa shape index (κ3) is 4.73.